The van der Waals surface area contributed by atoms with Gasteiger partial charge in [0.05, 0.1) is 10.5 Å². The van der Waals surface area contributed by atoms with E-state index in [0.29, 0.717) is 6.42 Å². The molecule has 0 atom stereocenters. The number of sulfonamides is 1. The van der Waals surface area contributed by atoms with Crippen LogP contribution in [0, 0.1) is 0 Å². The summed E-state index contributed by atoms with van der Waals surface area (Å²) in [6.07, 6.45) is -2.95. The molecule has 0 unspecified atom stereocenters. The van der Waals surface area contributed by atoms with Crippen molar-refractivity contribution in [3.05, 3.63) is 29.8 Å². The number of halogens is 3. The second-order valence-corrected chi connectivity index (χ2v) is 5.54. The molecule has 102 valence electrons. The van der Waals surface area contributed by atoms with Gasteiger partial charge in [0, 0.05) is 6.54 Å². The minimum Gasteiger partial charge on any atom is -0.211 e. The highest BCUT2D eigenvalue weighted by atomic mass is 32.2. The van der Waals surface area contributed by atoms with Crippen LogP contribution >= 0.6 is 0 Å². The Labute approximate surface area is 104 Å². The molecule has 1 rings (SSSR count). The van der Waals surface area contributed by atoms with Crippen molar-refractivity contribution >= 4 is 10.0 Å². The highest BCUT2D eigenvalue weighted by Gasteiger charge is 2.30. The maximum Gasteiger partial charge on any atom is 0.416 e. The molecule has 0 fully saturated rings. The molecule has 1 N–H and O–H groups in total. The Bertz CT molecular complexity index is 480. The first-order valence-corrected chi connectivity index (χ1v) is 6.92. The highest BCUT2D eigenvalue weighted by molar-refractivity contribution is 7.89. The average molecular weight is 281 g/mol. The molecule has 0 radical (unpaired) electrons. The molecular weight excluding hydrogens is 267 g/mol. The summed E-state index contributed by atoms with van der Waals surface area (Å²) in [5, 5.41) is 0. The number of unbranched alkanes of at least 4 members (excludes halogenated alkanes) is 1. The maximum atomic E-state index is 12.3. The summed E-state index contributed by atoms with van der Waals surface area (Å²) in [6.45, 7) is 2.19. The summed E-state index contributed by atoms with van der Waals surface area (Å²) < 4.78 is 62.6. The van der Waals surface area contributed by atoms with Crippen molar-refractivity contribution in [3.63, 3.8) is 0 Å². The summed E-state index contributed by atoms with van der Waals surface area (Å²) in [7, 11) is -3.71. The van der Waals surface area contributed by atoms with Gasteiger partial charge in [-0.2, -0.15) is 13.2 Å². The van der Waals surface area contributed by atoms with Gasteiger partial charge in [-0.1, -0.05) is 13.3 Å². The molecule has 0 saturated heterocycles. The van der Waals surface area contributed by atoms with Gasteiger partial charge >= 0.3 is 6.18 Å². The molecular formula is C11H14F3NO2S. The second kappa shape index (κ2) is 5.71. The summed E-state index contributed by atoms with van der Waals surface area (Å²) in [5.74, 6) is 0. The standard InChI is InChI=1S/C11H14F3NO2S/c1-2-3-8-15-18(16,17)10-6-4-9(5-7-10)11(12,13)14/h4-7,15H,2-3,8H2,1H3. The summed E-state index contributed by atoms with van der Waals surface area (Å²) >= 11 is 0. The second-order valence-electron chi connectivity index (χ2n) is 3.77. The number of rotatable bonds is 5. The van der Waals surface area contributed by atoms with Crippen molar-refractivity contribution in [3.8, 4) is 0 Å². The molecule has 0 aromatic heterocycles. The molecule has 0 aliphatic carbocycles. The first-order chi connectivity index (χ1) is 8.27. The van der Waals surface area contributed by atoms with Crippen molar-refractivity contribution in [1.29, 1.82) is 0 Å². The molecule has 0 bridgehead atoms. The molecule has 0 saturated carbocycles. The van der Waals surface area contributed by atoms with Crippen molar-refractivity contribution in [1.82, 2.24) is 4.72 Å². The summed E-state index contributed by atoms with van der Waals surface area (Å²) in [5.41, 5.74) is -0.866. The minimum absolute atomic E-state index is 0.161. The third kappa shape index (κ3) is 3.99. The average Bonchev–Trinajstić information content (AvgIpc) is 2.28. The predicted molar refractivity (Wildman–Crippen MR) is 61.5 cm³/mol. The molecule has 0 heterocycles. The molecule has 1 aromatic rings. The lowest BCUT2D eigenvalue weighted by molar-refractivity contribution is -0.137. The van der Waals surface area contributed by atoms with Crippen molar-refractivity contribution in [2.45, 2.75) is 30.8 Å². The predicted octanol–water partition coefficient (Wildman–Crippen LogP) is 2.78. The van der Waals surface area contributed by atoms with Crippen LogP contribution in [0.4, 0.5) is 13.2 Å². The van der Waals surface area contributed by atoms with Crippen LogP contribution < -0.4 is 4.72 Å². The Morgan fingerprint density at radius 2 is 1.72 bits per heavy atom. The Kier molecular flexibility index (Phi) is 4.75. The number of alkyl halides is 3. The number of hydrogen-bond acceptors (Lipinski definition) is 2. The Morgan fingerprint density at radius 3 is 2.17 bits per heavy atom. The zero-order chi connectivity index (χ0) is 13.8. The Morgan fingerprint density at radius 1 is 1.17 bits per heavy atom. The molecule has 1 aromatic carbocycles. The van der Waals surface area contributed by atoms with Crippen LogP contribution in [0.2, 0.25) is 0 Å². The molecule has 0 spiro atoms. The molecule has 0 aliphatic heterocycles. The molecule has 7 heteroatoms. The van der Waals surface area contributed by atoms with Crippen LogP contribution in [0.1, 0.15) is 25.3 Å². The van der Waals surface area contributed by atoms with Gasteiger partial charge in [-0.3, -0.25) is 0 Å². The van der Waals surface area contributed by atoms with Gasteiger partial charge in [-0.05, 0) is 30.7 Å². The van der Waals surface area contributed by atoms with Crippen LogP contribution in [0.3, 0.4) is 0 Å². The number of hydrogen-bond donors (Lipinski definition) is 1. The maximum absolute atomic E-state index is 12.3. The quantitative estimate of drug-likeness (QED) is 0.844. The van der Waals surface area contributed by atoms with E-state index >= 15 is 0 Å². The van der Waals surface area contributed by atoms with Gasteiger partial charge in [-0.25, -0.2) is 13.1 Å². The zero-order valence-corrected chi connectivity index (χ0v) is 10.6. The lowest BCUT2D eigenvalue weighted by Crippen LogP contribution is -2.24. The fraction of sp³-hybridized carbons (Fsp3) is 0.455. The minimum atomic E-state index is -4.46. The van der Waals surface area contributed by atoms with E-state index in [0.717, 1.165) is 30.7 Å². The van der Waals surface area contributed by atoms with Crippen LogP contribution in [0.25, 0.3) is 0 Å². The molecule has 3 nitrogen and oxygen atoms in total. The van der Waals surface area contributed by atoms with E-state index in [2.05, 4.69) is 4.72 Å². The number of benzene rings is 1. The van der Waals surface area contributed by atoms with Crippen molar-refractivity contribution in [2.24, 2.45) is 0 Å². The lowest BCUT2D eigenvalue weighted by atomic mass is 10.2. The first kappa shape index (κ1) is 15.0. The Hall–Kier alpha value is -1.08. The Balaban J connectivity index is 2.85. The van der Waals surface area contributed by atoms with E-state index < -0.39 is 21.8 Å². The van der Waals surface area contributed by atoms with Crippen molar-refractivity contribution in [2.75, 3.05) is 6.54 Å². The van der Waals surface area contributed by atoms with E-state index in [1.54, 1.807) is 0 Å². The topological polar surface area (TPSA) is 46.2 Å². The van der Waals surface area contributed by atoms with Gasteiger partial charge in [0.25, 0.3) is 0 Å². The summed E-state index contributed by atoms with van der Waals surface area (Å²) in [6, 6.07) is 3.43. The molecule has 0 amide bonds. The smallest absolute Gasteiger partial charge is 0.211 e. The van der Waals surface area contributed by atoms with E-state index in [4.69, 9.17) is 0 Å². The van der Waals surface area contributed by atoms with E-state index in [-0.39, 0.29) is 11.4 Å². The van der Waals surface area contributed by atoms with Crippen molar-refractivity contribution < 1.29 is 21.6 Å². The normalized spacial score (nSPS) is 12.7. The van der Waals surface area contributed by atoms with Gasteiger partial charge < -0.3 is 0 Å². The van der Waals surface area contributed by atoms with E-state index in [9.17, 15) is 21.6 Å². The lowest BCUT2D eigenvalue weighted by Gasteiger charge is -2.09. The third-order valence-corrected chi connectivity index (χ3v) is 3.79. The van der Waals surface area contributed by atoms with Crippen LogP contribution in [-0.2, 0) is 16.2 Å². The fourth-order valence-electron chi connectivity index (χ4n) is 1.29. The first-order valence-electron chi connectivity index (χ1n) is 5.44. The monoisotopic (exact) mass is 281 g/mol. The van der Waals surface area contributed by atoms with Crippen LogP contribution in [0.5, 0.6) is 0 Å². The zero-order valence-electron chi connectivity index (χ0n) is 9.79. The third-order valence-electron chi connectivity index (χ3n) is 2.31. The molecule has 0 aliphatic rings. The molecule has 18 heavy (non-hydrogen) atoms. The van der Waals surface area contributed by atoms with Crippen LogP contribution in [-0.4, -0.2) is 15.0 Å². The summed E-state index contributed by atoms with van der Waals surface area (Å²) in [4.78, 5) is -0.161. The largest absolute Gasteiger partial charge is 0.416 e. The van der Waals surface area contributed by atoms with E-state index in [1.165, 1.54) is 0 Å². The SMILES string of the molecule is CCCCNS(=O)(=O)c1ccc(C(F)(F)F)cc1. The highest BCUT2D eigenvalue weighted by Crippen LogP contribution is 2.29. The van der Waals surface area contributed by atoms with Crippen LogP contribution in [0.15, 0.2) is 29.2 Å². The van der Waals surface area contributed by atoms with Gasteiger partial charge in [0.1, 0.15) is 0 Å². The van der Waals surface area contributed by atoms with Gasteiger partial charge in [0.2, 0.25) is 10.0 Å². The fourth-order valence-corrected chi connectivity index (χ4v) is 2.36. The van der Waals surface area contributed by atoms with E-state index in [1.807, 2.05) is 6.92 Å². The van der Waals surface area contributed by atoms with Gasteiger partial charge in [-0.15, -0.1) is 0 Å². The van der Waals surface area contributed by atoms with Gasteiger partial charge in [0.15, 0.2) is 0 Å². The number of nitrogens with one attached hydrogen (secondary N) is 1.